The van der Waals surface area contributed by atoms with Crippen LogP contribution in [0.25, 0.3) is 0 Å². The molecule has 2 atom stereocenters. The second-order valence-electron chi connectivity index (χ2n) is 3.27. The van der Waals surface area contributed by atoms with Crippen LogP contribution in [0.2, 0.25) is 0 Å². The normalized spacial score (nSPS) is 28.2. The van der Waals surface area contributed by atoms with Crippen molar-refractivity contribution in [3.8, 4) is 0 Å². The van der Waals surface area contributed by atoms with Crippen molar-refractivity contribution in [1.29, 1.82) is 0 Å². The minimum Gasteiger partial charge on any atom is -0.448 e. The van der Waals surface area contributed by atoms with E-state index in [4.69, 9.17) is 20.8 Å². The number of ether oxygens (including phenoxy) is 1. The molecule has 1 aromatic heterocycles. The summed E-state index contributed by atoms with van der Waals surface area (Å²) < 4.78 is 10.8. The number of hydrogen-bond donors (Lipinski definition) is 0. The Hall–Kier alpha value is -0.540. The number of rotatable bonds is 2. The number of halogens is 1. The van der Waals surface area contributed by atoms with Crippen LogP contribution in [0.1, 0.15) is 30.7 Å². The van der Waals surface area contributed by atoms with Crippen molar-refractivity contribution >= 4 is 11.6 Å². The van der Waals surface area contributed by atoms with Crippen molar-refractivity contribution in [2.75, 3.05) is 6.61 Å². The molecule has 2 rings (SSSR count). The molecular weight excluding hydrogens is 190 g/mol. The van der Waals surface area contributed by atoms with Gasteiger partial charge in [-0.05, 0) is 13.3 Å². The van der Waals surface area contributed by atoms with E-state index in [2.05, 4.69) is 11.9 Å². The highest BCUT2D eigenvalue weighted by atomic mass is 35.5. The van der Waals surface area contributed by atoms with E-state index in [1.807, 2.05) is 0 Å². The van der Waals surface area contributed by atoms with E-state index in [1.165, 1.54) is 6.39 Å². The summed E-state index contributed by atoms with van der Waals surface area (Å²) in [5.74, 6) is 1.64. The van der Waals surface area contributed by atoms with Gasteiger partial charge in [-0.25, -0.2) is 4.98 Å². The van der Waals surface area contributed by atoms with Crippen LogP contribution < -0.4 is 0 Å². The molecule has 1 saturated heterocycles. The number of nitrogens with zero attached hydrogens (tertiary/aromatic N) is 1. The Kier molecular flexibility index (Phi) is 2.56. The Morgan fingerprint density at radius 2 is 2.54 bits per heavy atom. The third-order valence-corrected chi connectivity index (χ3v) is 2.77. The van der Waals surface area contributed by atoms with Crippen molar-refractivity contribution in [2.24, 2.45) is 0 Å². The van der Waals surface area contributed by atoms with E-state index < -0.39 is 0 Å². The van der Waals surface area contributed by atoms with Gasteiger partial charge >= 0.3 is 0 Å². The number of alkyl halides is 1. The number of aromatic nitrogens is 1. The zero-order valence-corrected chi connectivity index (χ0v) is 8.25. The summed E-state index contributed by atoms with van der Waals surface area (Å²) in [4.78, 5) is 4.06. The van der Waals surface area contributed by atoms with Crippen molar-refractivity contribution < 1.29 is 9.15 Å². The van der Waals surface area contributed by atoms with Gasteiger partial charge in [0.1, 0.15) is 5.76 Å². The van der Waals surface area contributed by atoms with Crippen molar-refractivity contribution in [3.05, 3.63) is 17.8 Å². The first-order valence-electron chi connectivity index (χ1n) is 4.42. The first-order chi connectivity index (χ1) is 6.33. The van der Waals surface area contributed by atoms with Gasteiger partial charge in [0.2, 0.25) is 0 Å². The van der Waals surface area contributed by atoms with E-state index in [-0.39, 0.29) is 6.10 Å². The SMILES string of the molecule is CC1OCCC1c1ocnc1CCl. The minimum absolute atomic E-state index is 0.218. The van der Waals surface area contributed by atoms with Crippen LogP contribution >= 0.6 is 11.6 Å². The Morgan fingerprint density at radius 1 is 1.69 bits per heavy atom. The lowest BCUT2D eigenvalue weighted by Crippen LogP contribution is -2.10. The van der Waals surface area contributed by atoms with Gasteiger partial charge in [0, 0.05) is 12.5 Å². The maximum Gasteiger partial charge on any atom is 0.181 e. The summed E-state index contributed by atoms with van der Waals surface area (Å²) in [6, 6.07) is 0. The van der Waals surface area contributed by atoms with Gasteiger partial charge in [0.15, 0.2) is 6.39 Å². The molecular formula is C9H12ClNO2. The lowest BCUT2D eigenvalue weighted by atomic mass is 9.98. The highest BCUT2D eigenvalue weighted by Crippen LogP contribution is 2.33. The van der Waals surface area contributed by atoms with E-state index in [0.717, 1.165) is 24.5 Å². The van der Waals surface area contributed by atoms with Gasteiger partial charge in [-0.1, -0.05) is 0 Å². The lowest BCUT2D eigenvalue weighted by Gasteiger charge is -2.11. The fourth-order valence-corrected chi connectivity index (χ4v) is 1.96. The molecule has 1 aliphatic rings. The van der Waals surface area contributed by atoms with Crippen LogP contribution in [-0.2, 0) is 10.6 Å². The third kappa shape index (κ3) is 1.58. The van der Waals surface area contributed by atoms with Crippen LogP contribution in [0, 0.1) is 0 Å². The van der Waals surface area contributed by atoms with Crippen LogP contribution in [0.15, 0.2) is 10.8 Å². The largest absolute Gasteiger partial charge is 0.448 e. The Bertz CT molecular complexity index is 287. The van der Waals surface area contributed by atoms with Crippen molar-refractivity contribution in [1.82, 2.24) is 4.98 Å². The molecule has 1 aromatic rings. The zero-order chi connectivity index (χ0) is 9.26. The lowest BCUT2D eigenvalue weighted by molar-refractivity contribution is 0.115. The predicted octanol–water partition coefficient (Wildman–Crippen LogP) is 2.31. The van der Waals surface area contributed by atoms with Crippen molar-refractivity contribution in [3.63, 3.8) is 0 Å². The van der Waals surface area contributed by atoms with E-state index in [0.29, 0.717) is 11.8 Å². The standard InChI is InChI=1S/C9H12ClNO2/c1-6-7(2-3-12-6)9-8(4-10)11-5-13-9/h5-7H,2-4H2,1H3. The average Bonchev–Trinajstić information content (AvgIpc) is 2.71. The van der Waals surface area contributed by atoms with E-state index in [1.54, 1.807) is 0 Å². The summed E-state index contributed by atoms with van der Waals surface area (Å²) in [7, 11) is 0. The third-order valence-electron chi connectivity index (χ3n) is 2.51. The van der Waals surface area contributed by atoms with Gasteiger partial charge in [-0.3, -0.25) is 0 Å². The summed E-state index contributed by atoms with van der Waals surface area (Å²) in [5, 5.41) is 0. The second kappa shape index (κ2) is 3.68. The van der Waals surface area contributed by atoms with Gasteiger partial charge < -0.3 is 9.15 Å². The molecule has 1 aliphatic heterocycles. The molecule has 0 saturated carbocycles. The summed E-state index contributed by atoms with van der Waals surface area (Å²) >= 11 is 5.74. The molecule has 1 fully saturated rings. The fraction of sp³-hybridized carbons (Fsp3) is 0.667. The Labute approximate surface area is 82.0 Å². The monoisotopic (exact) mass is 201 g/mol. The molecule has 0 aromatic carbocycles. The molecule has 3 nitrogen and oxygen atoms in total. The molecule has 0 radical (unpaired) electrons. The van der Waals surface area contributed by atoms with Gasteiger partial charge in [-0.15, -0.1) is 11.6 Å². The molecule has 13 heavy (non-hydrogen) atoms. The van der Waals surface area contributed by atoms with E-state index in [9.17, 15) is 0 Å². The maximum atomic E-state index is 5.74. The summed E-state index contributed by atoms with van der Waals surface area (Å²) in [6.07, 6.45) is 2.67. The Morgan fingerprint density at radius 3 is 3.15 bits per heavy atom. The predicted molar refractivity (Wildman–Crippen MR) is 48.8 cm³/mol. The average molecular weight is 202 g/mol. The summed E-state index contributed by atoms with van der Waals surface area (Å²) in [6.45, 7) is 2.85. The second-order valence-corrected chi connectivity index (χ2v) is 3.54. The van der Waals surface area contributed by atoms with Crippen LogP contribution in [0.3, 0.4) is 0 Å². The smallest absolute Gasteiger partial charge is 0.181 e. The van der Waals surface area contributed by atoms with Crippen LogP contribution in [0.4, 0.5) is 0 Å². The van der Waals surface area contributed by atoms with Gasteiger partial charge in [-0.2, -0.15) is 0 Å². The van der Waals surface area contributed by atoms with E-state index >= 15 is 0 Å². The fourth-order valence-electron chi connectivity index (χ4n) is 1.76. The zero-order valence-electron chi connectivity index (χ0n) is 7.50. The number of oxazole rings is 1. The molecule has 0 N–H and O–H groups in total. The molecule has 4 heteroatoms. The van der Waals surface area contributed by atoms with Crippen LogP contribution in [0.5, 0.6) is 0 Å². The first-order valence-corrected chi connectivity index (χ1v) is 4.96. The van der Waals surface area contributed by atoms with Crippen molar-refractivity contribution in [2.45, 2.75) is 31.2 Å². The molecule has 72 valence electrons. The first kappa shape index (κ1) is 9.03. The highest BCUT2D eigenvalue weighted by Gasteiger charge is 2.30. The highest BCUT2D eigenvalue weighted by molar-refractivity contribution is 6.16. The summed E-state index contributed by atoms with van der Waals surface area (Å²) in [5.41, 5.74) is 0.851. The quantitative estimate of drug-likeness (QED) is 0.689. The number of hydrogen-bond acceptors (Lipinski definition) is 3. The molecule has 0 bridgehead atoms. The molecule has 0 aliphatic carbocycles. The van der Waals surface area contributed by atoms with Gasteiger partial charge in [0.05, 0.1) is 17.7 Å². The molecule has 2 unspecified atom stereocenters. The molecule has 2 heterocycles. The maximum absolute atomic E-state index is 5.74. The Balaban J connectivity index is 2.23. The van der Waals surface area contributed by atoms with Gasteiger partial charge in [0.25, 0.3) is 0 Å². The van der Waals surface area contributed by atoms with Crippen LogP contribution in [-0.4, -0.2) is 17.7 Å². The molecule has 0 amide bonds. The minimum atomic E-state index is 0.218. The molecule has 0 spiro atoms. The topological polar surface area (TPSA) is 35.3 Å².